The molecule has 34 heavy (non-hydrogen) atoms. The van der Waals surface area contributed by atoms with Crippen LogP contribution in [0.4, 0.5) is 0 Å². The van der Waals surface area contributed by atoms with E-state index in [1.807, 2.05) is 30.3 Å². The maximum Gasteiger partial charge on any atom is 0.311 e. The minimum atomic E-state index is -0.377. The van der Waals surface area contributed by atoms with Gasteiger partial charge in [-0.3, -0.25) is 19.0 Å². The van der Waals surface area contributed by atoms with Crippen LogP contribution < -0.4 is 5.56 Å². The molecule has 11 heteroatoms. The van der Waals surface area contributed by atoms with E-state index in [0.717, 1.165) is 5.56 Å². The van der Waals surface area contributed by atoms with Crippen molar-refractivity contribution in [1.82, 2.24) is 24.5 Å². The molecule has 0 N–H and O–H groups in total. The number of aromatic nitrogens is 5. The van der Waals surface area contributed by atoms with Crippen molar-refractivity contribution in [1.29, 1.82) is 0 Å². The Balaban J connectivity index is 1.48. The smallest absolute Gasteiger partial charge is 0.311 e. The standard InChI is InChI=1S/C23H21N5O4S2/c1-32-19(30)11-16-13-33-18(26-16)12-17(29)14-34-23-27-21-20(24-8-9-25-21)22(31)28(23)10-7-15-5-3-2-4-6-15/h2-6,8-9,13H,7,10-12,14H2,1H3. The summed E-state index contributed by atoms with van der Waals surface area (Å²) in [6, 6.07) is 9.84. The highest BCUT2D eigenvalue weighted by molar-refractivity contribution is 7.99. The Morgan fingerprint density at radius 1 is 1.09 bits per heavy atom. The van der Waals surface area contributed by atoms with E-state index < -0.39 is 0 Å². The largest absolute Gasteiger partial charge is 0.469 e. The zero-order valence-electron chi connectivity index (χ0n) is 18.3. The number of rotatable bonds is 10. The highest BCUT2D eigenvalue weighted by atomic mass is 32.2. The third-order valence-corrected chi connectivity index (χ3v) is 6.82. The summed E-state index contributed by atoms with van der Waals surface area (Å²) in [6.45, 7) is 0.405. The van der Waals surface area contributed by atoms with Gasteiger partial charge >= 0.3 is 5.97 Å². The average molecular weight is 496 g/mol. The predicted molar refractivity (Wildman–Crippen MR) is 129 cm³/mol. The van der Waals surface area contributed by atoms with E-state index in [1.165, 1.54) is 42.6 Å². The summed E-state index contributed by atoms with van der Waals surface area (Å²) in [5, 5.41) is 2.80. The van der Waals surface area contributed by atoms with Gasteiger partial charge < -0.3 is 4.74 Å². The van der Waals surface area contributed by atoms with E-state index in [0.29, 0.717) is 28.8 Å². The highest BCUT2D eigenvalue weighted by Crippen LogP contribution is 2.19. The summed E-state index contributed by atoms with van der Waals surface area (Å²) in [7, 11) is 1.32. The van der Waals surface area contributed by atoms with E-state index in [9.17, 15) is 14.4 Å². The topological polar surface area (TPSA) is 117 Å². The van der Waals surface area contributed by atoms with Gasteiger partial charge in [-0.05, 0) is 12.0 Å². The summed E-state index contributed by atoms with van der Waals surface area (Å²) in [4.78, 5) is 54.3. The number of thiazole rings is 1. The van der Waals surface area contributed by atoms with Crippen LogP contribution in [0.25, 0.3) is 11.2 Å². The number of Topliss-reactive ketones (excluding diaryl/α,β-unsaturated/α-hetero) is 1. The van der Waals surface area contributed by atoms with Gasteiger partial charge in [0, 0.05) is 24.3 Å². The molecule has 0 aliphatic carbocycles. The van der Waals surface area contributed by atoms with Crippen molar-refractivity contribution in [2.75, 3.05) is 12.9 Å². The number of carbonyl (C=O) groups excluding carboxylic acids is 2. The second-order valence-corrected chi connectivity index (χ2v) is 9.19. The van der Waals surface area contributed by atoms with Crippen molar-refractivity contribution in [3.8, 4) is 0 Å². The number of benzene rings is 1. The van der Waals surface area contributed by atoms with Crippen molar-refractivity contribution in [2.24, 2.45) is 0 Å². The Morgan fingerprint density at radius 3 is 2.68 bits per heavy atom. The van der Waals surface area contributed by atoms with Crippen LogP contribution in [0.15, 0.2) is 58.1 Å². The lowest BCUT2D eigenvalue weighted by molar-refractivity contribution is -0.139. The lowest BCUT2D eigenvalue weighted by atomic mass is 10.1. The molecule has 3 heterocycles. The van der Waals surface area contributed by atoms with Gasteiger partial charge in [-0.2, -0.15) is 0 Å². The van der Waals surface area contributed by atoms with E-state index in [2.05, 4.69) is 24.7 Å². The molecule has 3 aromatic heterocycles. The second-order valence-electron chi connectivity index (χ2n) is 7.30. The molecular weight excluding hydrogens is 474 g/mol. The molecule has 0 aliphatic rings. The molecule has 4 aromatic rings. The molecule has 174 valence electrons. The van der Waals surface area contributed by atoms with E-state index >= 15 is 0 Å². The molecular formula is C23H21N5O4S2. The minimum absolute atomic E-state index is 0.0629. The summed E-state index contributed by atoms with van der Waals surface area (Å²) >= 11 is 2.52. The van der Waals surface area contributed by atoms with Gasteiger partial charge in [0.15, 0.2) is 16.3 Å². The van der Waals surface area contributed by atoms with Crippen LogP contribution in [0.2, 0.25) is 0 Å². The monoisotopic (exact) mass is 495 g/mol. The number of nitrogens with zero attached hydrogens (tertiary/aromatic N) is 5. The third-order valence-electron chi connectivity index (χ3n) is 4.89. The first-order valence-corrected chi connectivity index (χ1v) is 12.3. The molecule has 1 aromatic carbocycles. The van der Waals surface area contributed by atoms with Crippen LogP contribution in [-0.4, -0.2) is 49.1 Å². The van der Waals surface area contributed by atoms with Gasteiger partial charge in [0.05, 0.1) is 31.4 Å². The molecule has 9 nitrogen and oxygen atoms in total. The minimum Gasteiger partial charge on any atom is -0.469 e. The number of carbonyl (C=O) groups is 2. The predicted octanol–water partition coefficient (Wildman–Crippen LogP) is 2.51. The van der Waals surface area contributed by atoms with Gasteiger partial charge in [0.1, 0.15) is 10.8 Å². The maximum atomic E-state index is 13.1. The third kappa shape index (κ3) is 5.91. The van der Waals surface area contributed by atoms with E-state index in [-0.39, 0.29) is 47.1 Å². The van der Waals surface area contributed by atoms with Gasteiger partial charge in [0.2, 0.25) is 0 Å². The van der Waals surface area contributed by atoms with Crippen LogP contribution >= 0.6 is 23.1 Å². The van der Waals surface area contributed by atoms with Crippen LogP contribution in [0.5, 0.6) is 0 Å². The molecule has 0 fully saturated rings. The number of hydrogen-bond donors (Lipinski definition) is 0. The van der Waals surface area contributed by atoms with E-state index in [4.69, 9.17) is 0 Å². The van der Waals surface area contributed by atoms with Crippen molar-refractivity contribution >= 4 is 46.0 Å². The molecule has 0 amide bonds. The maximum absolute atomic E-state index is 13.1. The Morgan fingerprint density at radius 2 is 1.88 bits per heavy atom. The fraction of sp³-hybridized carbons (Fsp3) is 0.261. The zero-order chi connectivity index (χ0) is 23.9. The first kappa shape index (κ1) is 23.7. The van der Waals surface area contributed by atoms with Crippen molar-refractivity contribution in [3.05, 3.63) is 74.7 Å². The molecule has 0 aliphatic heterocycles. The fourth-order valence-corrected chi connectivity index (χ4v) is 4.91. The summed E-state index contributed by atoms with van der Waals surface area (Å²) in [5.41, 5.74) is 1.85. The van der Waals surface area contributed by atoms with Gasteiger partial charge in [-0.15, -0.1) is 11.3 Å². The first-order chi connectivity index (χ1) is 16.5. The second kappa shape index (κ2) is 11.1. The Bertz CT molecular complexity index is 1370. The Hall–Kier alpha value is -3.44. The van der Waals surface area contributed by atoms with Crippen molar-refractivity contribution in [3.63, 3.8) is 0 Å². The Labute approximate surface area is 203 Å². The van der Waals surface area contributed by atoms with Gasteiger partial charge in [-0.25, -0.2) is 19.9 Å². The highest BCUT2D eigenvalue weighted by Gasteiger charge is 2.16. The number of ketones is 1. The number of hydrogen-bond acceptors (Lipinski definition) is 10. The number of thioether (sulfide) groups is 1. The van der Waals surface area contributed by atoms with E-state index in [1.54, 1.807) is 9.95 Å². The van der Waals surface area contributed by atoms with Crippen LogP contribution in [0.1, 0.15) is 16.3 Å². The summed E-state index contributed by atoms with van der Waals surface area (Å²) < 4.78 is 6.20. The molecule has 4 rings (SSSR count). The quantitative estimate of drug-likeness (QED) is 0.186. The van der Waals surface area contributed by atoms with Crippen molar-refractivity contribution in [2.45, 2.75) is 31.0 Å². The van der Waals surface area contributed by atoms with Crippen LogP contribution in [-0.2, 0) is 40.1 Å². The molecule has 0 unspecified atom stereocenters. The zero-order valence-corrected chi connectivity index (χ0v) is 20.0. The summed E-state index contributed by atoms with van der Waals surface area (Å²) in [5.74, 6) is -0.320. The number of methoxy groups -OCH3 is 1. The number of fused-ring (bicyclic) bond motifs is 1. The Kier molecular flexibility index (Phi) is 7.76. The lowest BCUT2D eigenvalue weighted by Gasteiger charge is -2.12. The number of ether oxygens (including phenoxy) is 1. The molecule has 0 atom stereocenters. The lowest BCUT2D eigenvalue weighted by Crippen LogP contribution is -2.25. The SMILES string of the molecule is COC(=O)Cc1csc(CC(=O)CSc2nc3nccnc3c(=O)n2CCc2ccccc2)n1. The van der Waals surface area contributed by atoms with Gasteiger partial charge in [-0.1, -0.05) is 42.1 Å². The molecule has 0 radical (unpaired) electrons. The number of esters is 1. The molecule has 0 saturated heterocycles. The molecule has 0 saturated carbocycles. The number of aryl methyl sites for hydroxylation is 1. The fourth-order valence-electron chi connectivity index (χ4n) is 3.22. The van der Waals surface area contributed by atoms with Crippen LogP contribution in [0, 0.1) is 0 Å². The van der Waals surface area contributed by atoms with Gasteiger partial charge in [0.25, 0.3) is 5.56 Å². The normalized spacial score (nSPS) is 11.0. The van der Waals surface area contributed by atoms with Crippen molar-refractivity contribution < 1.29 is 14.3 Å². The summed E-state index contributed by atoms with van der Waals surface area (Å²) in [6.07, 6.45) is 3.80. The first-order valence-electron chi connectivity index (χ1n) is 10.4. The average Bonchev–Trinajstić information content (AvgIpc) is 3.29. The molecule has 0 bridgehead atoms. The molecule has 0 spiro atoms. The van der Waals surface area contributed by atoms with Crippen LogP contribution in [0.3, 0.4) is 0 Å².